The Kier molecular flexibility index (Phi) is 4.38. The van der Waals surface area contributed by atoms with Crippen molar-refractivity contribution in [1.29, 1.82) is 0 Å². The lowest BCUT2D eigenvalue weighted by Crippen LogP contribution is -2.52. The molecule has 1 aliphatic heterocycles. The topological polar surface area (TPSA) is 82.3 Å². The van der Waals surface area contributed by atoms with Crippen LogP contribution >= 0.6 is 0 Å². The van der Waals surface area contributed by atoms with Crippen molar-refractivity contribution in [3.8, 4) is 0 Å². The molecule has 126 valence electrons. The van der Waals surface area contributed by atoms with Gasteiger partial charge in [0, 0.05) is 25.2 Å². The van der Waals surface area contributed by atoms with Gasteiger partial charge in [-0.25, -0.2) is 0 Å². The number of piperidine rings is 1. The van der Waals surface area contributed by atoms with E-state index in [2.05, 4.69) is 10.3 Å². The number of nitrogens with zero attached hydrogens (tertiary/aromatic N) is 1. The molecule has 2 heterocycles. The fraction of sp³-hybridized carbons (Fsp3) is 0.389. The minimum Gasteiger partial charge on any atom is -0.360 e. The van der Waals surface area contributed by atoms with Crippen LogP contribution in [0.15, 0.2) is 29.2 Å². The molecule has 1 atom stereocenters. The molecule has 0 aliphatic carbocycles. The van der Waals surface area contributed by atoms with Gasteiger partial charge in [0.15, 0.2) is 0 Å². The summed E-state index contributed by atoms with van der Waals surface area (Å²) in [6.45, 7) is 2.40. The number of aromatic amines is 1. The first kappa shape index (κ1) is 16.2. The third-order valence-corrected chi connectivity index (χ3v) is 4.67. The number of rotatable bonds is 2. The SMILES string of the molecule is CNC(=O)[C@@H]1CCCCN1C(=O)c1c[nH]c2c(C)cccc2c1=O. The maximum atomic E-state index is 12.9. The first-order valence-electron chi connectivity index (χ1n) is 8.18. The fourth-order valence-corrected chi connectivity index (χ4v) is 3.33. The Hall–Kier alpha value is -2.63. The Bertz CT molecular complexity index is 856. The van der Waals surface area contributed by atoms with Crippen molar-refractivity contribution in [2.24, 2.45) is 0 Å². The number of likely N-dealkylation sites (N-methyl/N-ethyl adjacent to an activating group) is 1. The molecule has 0 saturated carbocycles. The summed E-state index contributed by atoms with van der Waals surface area (Å²) in [5.41, 5.74) is 1.48. The van der Waals surface area contributed by atoms with Crippen LogP contribution in [-0.2, 0) is 4.79 Å². The van der Waals surface area contributed by atoms with Gasteiger partial charge in [-0.3, -0.25) is 14.4 Å². The third kappa shape index (κ3) is 2.68. The zero-order valence-electron chi connectivity index (χ0n) is 13.9. The summed E-state index contributed by atoms with van der Waals surface area (Å²) in [6, 6.07) is 4.91. The van der Waals surface area contributed by atoms with Gasteiger partial charge in [-0.15, -0.1) is 0 Å². The number of pyridine rings is 1. The number of fused-ring (bicyclic) bond motifs is 1. The molecule has 3 rings (SSSR count). The summed E-state index contributed by atoms with van der Waals surface area (Å²) in [5, 5.41) is 3.10. The molecule has 2 aromatic rings. The molecule has 0 radical (unpaired) electrons. The quantitative estimate of drug-likeness (QED) is 0.878. The van der Waals surface area contributed by atoms with Gasteiger partial charge in [-0.1, -0.05) is 12.1 Å². The van der Waals surface area contributed by atoms with Gasteiger partial charge >= 0.3 is 0 Å². The maximum absolute atomic E-state index is 12.9. The number of hydrogen-bond donors (Lipinski definition) is 2. The molecule has 1 fully saturated rings. The number of carbonyl (C=O) groups is 2. The van der Waals surface area contributed by atoms with E-state index in [0.29, 0.717) is 18.4 Å². The standard InChI is InChI=1S/C18H21N3O3/c1-11-6-5-7-12-15(11)20-10-13(16(12)22)18(24)21-9-4-3-8-14(21)17(23)19-2/h5-7,10,14H,3-4,8-9H2,1-2H3,(H,19,23)(H,20,22)/t14-/m0/s1. The lowest BCUT2D eigenvalue weighted by Gasteiger charge is -2.34. The smallest absolute Gasteiger partial charge is 0.260 e. The summed E-state index contributed by atoms with van der Waals surface area (Å²) < 4.78 is 0. The van der Waals surface area contributed by atoms with E-state index in [1.807, 2.05) is 13.0 Å². The van der Waals surface area contributed by atoms with E-state index in [4.69, 9.17) is 0 Å². The number of likely N-dealkylation sites (tertiary alicyclic amines) is 1. The Morgan fingerprint density at radius 3 is 2.83 bits per heavy atom. The Morgan fingerprint density at radius 1 is 1.29 bits per heavy atom. The van der Waals surface area contributed by atoms with E-state index in [-0.39, 0.29) is 22.8 Å². The molecule has 6 heteroatoms. The van der Waals surface area contributed by atoms with Crippen LogP contribution in [0, 0.1) is 6.92 Å². The van der Waals surface area contributed by atoms with Crippen molar-refractivity contribution >= 4 is 22.7 Å². The van der Waals surface area contributed by atoms with Crippen LogP contribution in [0.2, 0.25) is 0 Å². The number of aromatic nitrogens is 1. The van der Waals surface area contributed by atoms with Crippen LogP contribution in [0.1, 0.15) is 35.2 Å². The number of amides is 2. The second-order valence-corrected chi connectivity index (χ2v) is 6.15. The van der Waals surface area contributed by atoms with E-state index in [9.17, 15) is 14.4 Å². The van der Waals surface area contributed by atoms with Crippen LogP contribution < -0.4 is 10.7 Å². The number of carbonyl (C=O) groups excluding carboxylic acids is 2. The largest absolute Gasteiger partial charge is 0.360 e. The normalized spacial score (nSPS) is 17.8. The monoisotopic (exact) mass is 327 g/mol. The summed E-state index contributed by atoms with van der Waals surface area (Å²) in [7, 11) is 1.56. The molecule has 1 aromatic carbocycles. The van der Waals surface area contributed by atoms with E-state index in [1.165, 1.54) is 11.1 Å². The number of H-pyrrole nitrogens is 1. The van der Waals surface area contributed by atoms with Gasteiger partial charge in [-0.05, 0) is 37.8 Å². The highest BCUT2D eigenvalue weighted by Crippen LogP contribution is 2.20. The molecule has 0 spiro atoms. The molecule has 1 saturated heterocycles. The van der Waals surface area contributed by atoms with Crippen molar-refractivity contribution in [2.75, 3.05) is 13.6 Å². The van der Waals surface area contributed by atoms with Crippen LogP contribution in [0.25, 0.3) is 10.9 Å². The Morgan fingerprint density at radius 2 is 2.08 bits per heavy atom. The van der Waals surface area contributed by atoms with Crippen molar-refractivity contribution in [1.82, 2.24) is 15.2 Å². The van der Waals surface area contributed by atoms with E-state index >= 15 is 0 Å². The predicted octanol–water partition coefficient (Wildman–Crippen LogP) is 1.58. The highest BCUT2D eigenvalue weighted by molar-refractivity contribution is 6.00. The minimum atomic E-state index is -0.510. The molecular weight excluding hydrogens is 306 g/mol. The van der Waals surface area contributed by atoms with Crippen molar-refractivity contribution in [3.05, 3.63) is 45.7 Å². The zero-order valence-corrected chi connectivity index (χ0v) is 13.9. The van der Waals surface area contributed by atoms with Gasteiger partial charge in [0.25, 0.3) is 5.91 Å². The minimum absolute atomic E-state index is 0.0869. The highest BCUT2D eigenvalue weighted by atomic mass is 16.2. The summed E-state index contributed by atoms with van der Waals surface area (Å²) in [6.07, 6.45) is 3.82. The predicted molar refractivity (Wildman–Crippen MR) is 92.0 cm³/mol. The molecular formula is C18H21N3O3. The summed E-state index contributed by atoms with van der Waals surface area (Å²) in [4.78, 5) is 42.3. The molecule has 6 nitrogen and oxygen atoms in total. The number of hydrogen-bond acceptors (Lipinski definition) is 3. The number of benzene rings is 1. The maximum Gasteiger partial charge on any atom is 0.260 e. The average molecular weight is 327 g/mol. The molecule has 1 aliphatic rings. The lowest BCUT2D eigenvalue weighted by molar-refractivity contribution is -0.126. The zero-order chi connectivity index (χ0) is 17.3. The molecule has 2 amide bonds. The Balaban J connectivity index is 2.03. The first-order chi connectivity index (χ1) is 11.5. The summed E-state index contributed by atoms with van der Waals surface area (Å²) >= 11 is 0. The summed E-state index contributed by atoms with van der Waals surface area (Å²) in [5.74, 6) is -0.566. The van der Waals surface area contributed by atoms with E-state index < -0.39 is 6.04 Å². The fourth-order valence-electron chi connectivity index (χ4n) is 3.33. The molecule has 0 bridgehead atoms. The number of aryl methyl sites for hydroxylation is 1. The second kappa shape index (κ2) is 6.47. The van der Waals surface area contributed by atoms with E-state index in [1.54, 1.807) is 19.2 Å². The van der Waals surface area contributed by atoms with E-state index in [0.717, 1.165) is 23.9 Å². The highest BCUT2D eigenvalue weighted by Gasteiger charge is 2.33. The third-order valence-electron chi connectivity index (χ3n) is 4.67. The average Bonchev–Trinajstić information content (AvgIpc) is 2.61. The van der Waals surface area contributed by atoms with Crippen LogP contribution in [0.4, 0.5) is 0 Å². The number of para-hydroxylation sites is 1. The molecule has 2 N–H and O–H groups in total. The van der Waals surface area contributed by atoms with Crippen molar-refractivity contribution < 1.29 is 9.59 Å². The lowest BCUT2D eigenvalue weighted by atomic mass is 9.99. The van der Waals surface area contributed by atoms with Gasteiger partial charge in [0.1, 0.15) is 11.6 Å². The van der Waals surface area contributed by atoms with Crippen molar-refractivity contribution in [2.45, 2.75) is 32.2 Å². The van der Waals surface area contributed by atoms with Crippen LogP contribution in [-0.4, -0.2) is 41.3 Å². The molecule has 1 aromatic heterocycles. The number of nitrogens with one attached hydrogen (secondary N) is 2. The molecule has 24 heavy (non-hydrogen) atoms. The van der Waals surface area contributed by atoms with Crippen LogP contribution in [0.5, 0.6) is 0 Å². The second-order valence-electron chi connectivity index (χ2n) is 6.15. The van der Waals surface area contributed by atoms with Gasteiger partial charge in [0.2, 0.25) is 11.3 Å². The van der Waals surface area contributed by atoms with Crippen molar-refractivity contribution in [3.63, 3.8) is 0 Å². The first-order valence-corrected chi connectivity index (χ1v) is 8.18. The van der Waals surface area contributed by atoms with Gasteiger partial charge in [-0.2, -0.15) is 0 Å². The van der Waals surface area contributed by atoms with Crippen LogP contribution in [0.3, 0.4) is 0 Å². The van der Waals surface area contributed by atoms with Gasteiger partial charge in [0.05, 0.1) is 5.52 Å². The Labute approximate surface area is 139 Å². The molecule has 0 unspecified atom stereocenters. The van der Waals surface area contributed by atoms with Gasteiger partial charge < -0.3 is 15.2 Å².